The molecule has 68 valence electrons. The summed E-state index contributed by atoms with van der Waals surface area (Å²) in [6.07, 6.45) is 4.33. The van der Waals surface area contributed by atoms with Crippen molar-refractivity contribution in [3.05, 3.63) is 23.5 Å². The van der Waals surface area contributed by atoms with Gasteiger partial charge in [0.25, 0.3) is 0 Å². The molecule has 0 saturated heterocycles. The van der Waals surface area contributed by atoms with Crippen LogP contribution in [0.25, 0.3) is 5.13 Å². The van der Waals surface area contributed by atoms with E-state index in [4.69, 9.17) is 5.73 Å². The van der Waals surface area contributed by atoms with Crippen molar-refractivity contribution in [1.82, 2.24) is 14.8 Å². The summed E-state index contributed by atoms with van der Waals surface area (Å²) in [5.41, 5.74) is 7.30. The van der Waals surface area contributed by atoms with Gasteiger partial charge in [0.2, 0.25) is 5.13 Å². The van der Waals surface area contributed by atoms with E-state index in [-0.39, 0.29) is 0 Å². The van der Waals surface area contributed by atoms with Crippen LogP contribution in [0.4, 0.5) is 5.69 Å². The minimum absolute atomic E-state index is 0.660. The minimum atomic E-state index is 0.660. The molecule has 0 aromatic carbocycles. The van der Waals surface area contributed by atoms with Crippen molar-refractivity contribution in [3.8, 4) is 5.13 Å². The number of rotatable bonds is 2. The van der Waals surface area contributed by atoms with Crippen LogP contribution < -0.4 is 5.73 Å². The zero-order valence-corrected chi connectivity index (χ0v) is 8.08. The van der Waals surface area contributed by atoms with E-state index < -0.39 is 0 Å². The van der Waals surface area contributed by atoms with Crippen molar-refractivity contribution in [3.63, 3.8) is 0 Å². The first kappa shape index (κ1) is 8.25. The number of aryl methyl sites for hydroxylation is 1. The molecule has 0 aliphatic carbocycles. The highest BCUT2D eigenvalue weighted by Crippen LogP contribution is 2.15. The summed E-state index contributed by atoms with van der Waals surface area (Å²) in [4.78, 5) is 4.38. The minimum Gasteiger partial charge on any atom is -0.396 e. The summed E-state index contributed by atoms with van der Waals surface area (Å²) in [7, 11) is 0. The van der Waals surface area contributed by atoms with E-state index in [0.29, 0.717) is 5.69 Å². The number of nitrogens with zero attached hydrogens (tertiary/aromatic N) is 3. The molecular weight excluding hydrogens is 184 g/mol. The molecule has 0 fully saturated rings. The Morgan fingerprint density at radius 3 is 3.00 bits per heavy atom. The molecule has 2 N–H and O–H groups in total. The van der Waals surface area contributed by atoms with Gasteiger partial charge in [-0.05, 0) is 6.42 Å². The van der Waals surface area contributed by atoms with Gasteiger partial charge >= 0.3 is 0 Å². The molecule has 2 heterocycles. The maximum atomic E-state index is 5.55. The second kappa shape index (κ2) is 3.18. The van der Waals surface area contributed by atoms with Crippen LogP contribution in [0.5, 0.6) is 0 Å². The Hall–Kier alpha value is -1.36. The average molecular weight is 194 g/mol. The summed E-state index contributed by atoms with van der Waals surface area (Å²) in [6, 6.07) is 0. The highest BCUT2D eigenvalue weighted by molar-refractivity contribution is 7.12. The lowest BCUT2D eigenvalue weighted by Gasteiger charge is -1.91. The lowest BCUT2D eigenvalue weighted by Crippen LogP contribution is -1.93. The smallest absolute Gasteiger partial charge is 0.210 e. The maximum absolute atomic E-state index is 5.55. The zero-order chi connectivity index (χ0) is 9.26. The fraction of sp³-hybridized carbons (Fsp3) is 0.250. The highest BCUT2D eigenvalue weighted by atomic mass is 32.1. The molecule has 2 aromatic heterocycles. The van der Waals surface area contributed by atoms with Gasteiger partial charge in [0.15, 0.2) is 0 Å². The lowest BCUT2D eigenvalue weighted by atomic mass is 10.4. The van der Waals surface area contributed by atoms with Crippen molar-refractivity contribution in [2.75, 3.05) is 5.73 Å². The van der Waals surface area contributed by atoms with E-state index in [1.807, 2.05) is 5.38 Å². The fourth-order valence-corrected chi connectivity index (χ4v) is 1.84. The molecule has 2 rings (SSSR count). The van der Waals surface area contributed by atoms with Gasteiger partial charge in [0.05, 0.1) is 23.8 Å². The summed E-state index contributed by atoms with van der Waals surface area (Å²) < 4.78 is 1.69. The van der Waals surface area contributed by atoms with Crippen molar-refractivity contribution < 1.29 is 0 Å². The summed E-state index contributed by atoms with van der Waals surface area (Å²) in [5, 5.41) is 6.98. The van der Waals surface area contributed by atoms with Crippen molar-refractivity contribution in [2.24, 2.45) is 0 Å². The lowest BCUT2D eigenvalue weighted by molar-refractivity contribution is 0.859. The Kier molecular flexibility index (Phi) is 2.02. The molecule has 0 atom stereocenters. The molecule has 13 heavy (non-hydrogen) atoms. The highest BCUT2D eigenvalue weighted by Gasteiger charge is 2.03. The summed E-state index contributed by atoms with van der Waals surface area (Å²) >= 11 is 1.57. The Balaban J connectivity index is 2.35. The Bertz CT molecular complexity index is 404. The topological polar surface area (TPSA) is 56.7 Å². The molecule has 0 radical (unpaired) electrons. The second-order valence-corrected chi connectivity index (χ2v) is 3.53. The molecule has 0 saturated carbocycles. The summed E-state index contributed by atoms with van der Waals surface area (Å²) in [6.45, 7) is 2.08. The predicted molar refractivity (Wildman–Crippen MR) is 53.0 cm³/mol. The molecular formula is C8H10N4S. The number of hydrogen-bond acceptors (Lipinski definition) is 4. The molecule has 0 amide bonds. The van der Waals surface area contributed by atoms with Crippen LogP contribution in [-0.2, 0) is 6.42 Å². The maximum Gasteiger partial charge on any atom is 0.210 e. The largest absolute Gasteiger partial charge is 0.396 e. The molecule has 0 unspecified atom stereocenters. The Morgan fingerprint density at radius 1 is 1.62 bits per heavy atom. The van der Waals surface area contributed by atoms with Gasteiger partial charge in [0, 0.05) is 5.38 Å². The van der Waals surface area contributed by atoms with E-state index in [9.17, 15) is 0 Å². The van der Waals surface area contributed by atoms with Crippen LogP contribution in [-0.4, -0.2) is 14.8 Å². The predicted octanol–water partition coefficient (Wildman–Crippen LogP) is 1.47. The molecule has 2 aromatic rings. The van der Waals surface area contributed by atoms with Crippen LogP contribution in [0.15, 0.2) is 17.8 Å². The van der Waals surface area contributed by atoms with Gasteiger partial charge in [-0.3, -0.25) is 0 Å². The van der Waals surface area contributed by atoms with Crippen molar-refractivity contribution in [2.45, 2.75) is 13.3 Å². The average Bonchev–Trinajstić information content (AvgIpc) is 2.71. The number of hydrogen-bond donors (Lipinski definition) is 1. The molecule has 0 aliphatic heterocycles. The standard InChI is InChI=1S/C8H10N4S/c1-2-7-5-13-8(11-7)12-4-6(9)3-10-12/h3-5H,2,9H2,1H3. The first-order valence-corrected chi connectivity index (χ1v) is 4.92. The van der Waals surface area contributed by atoms with E-state index in [0.717, 1.165) is 17.2 Å². The SMILES string of the molecule is CCc1csc(-n2cc(N)cn2)n1. The molecule has 0 aliphatic rings. The monoisotopic (exact) mass is 194 g/mol. The van der Waals surface area contributed by atoms with Crippen LogP contribution in [0.3, 0.4) is 0 Å². The second-order valence-electron chi connectivity index (χ2n) is 2.69. The van der Waals surface area contributed by atoms with Gasteiger partial charge in [0.1, 0.15) is 0 Å². The van der Waals surface area contributed by atoms with Crippen molar-refractivity contribution in [1.29, 1.82) is 0 Å². The third-order valence-electron chi connectivity index (χ3n) is 1.70. The first-order valence-electron chi connectivity index (χ1n) is 4.04. The normalized spacial score (nSPS) is 10.5. The van der Waals surface area contributed by atoms with Crippen molar-refractivity contribution >= 4 is 17.0 Å². The van der Waals surface area contributed by atoms with Crippen LogP contribution in [0, 0.1) is 0 Å². The number of nitrogen functional groups attached to an aromatic ring is 1. The number of nitrogens with two attached hydrogens (primary N) is 1. The third kappa shape index (κ3) is 1.55. The van der Waals surface area contributed by atoms with E-state index in [1.54, 1.807) is 28.4 Å². The molecule has 0 bridgehead atoms. The zero-order valence-electron chi connectivity index (χ0n) is 7.27. The Morgan fingerprint density at radius 2 is 2.46 bits per heavy atom. The van der Waals surface area contributed by atoms with E-state index in [1.165, 1.54) is 0 Å². The van der Waals surface area contributed by atoms with E-state index in [2.05, 4.69) is 17.0 Å². The first-order chi connectivity index (χ1) is 6.29. The van der Waals surface area contributed by atoms with Gasteiger partial charge in [-0.15, -0.1) is 11.3 Å². The fourth-order valence-electron chi connectivity index (χ4n) is 1.01. The summed E-state index contributed by atoms with van der Waals surface area (Å²) in [5.74, 6) is 0. The van der Waals surface area contributed by atoms with Crippen LogP contribution >= 0.6 is 11.3 Å². The third-order valence-corrected chi connectivity index (χ3v) is 2.58. The van der Waals surface area contributed by atoms with Gasteiger partial charge < -0.3 is 5.73 Å². The number of thiazole rings is 1. The van der Waals surface area contributed by atoms with Gasteiger partial charge in [-0.1, -0.05) is 6.92 Å². The Labute approximate surface area is 80.0 Å². The molecule has 5 heteroatoms. The quantitative estimate of drug-likeness (QED) is 0.787. The van der Waals surface area contributed by atoms with Gasteiger partial charge in [-0.2, -0.15) is 5.10 Å². The van der Waals surface area contributed by atoms with Gasteiger partial charge in [-0.25, -0.2) is 9.67 Å². The number of aromatic nitrogens is 3. The molecule has 0 spiro atoms. The number of anilines is 1. The van der Waals surface area contributed by atoms with Crippen LogP contribution in [0.1, 0.15) is 12.6 Å². The van der Waals surface area contributed by atoms with E-state index >= 15 is 0 Å². The molecule has 4 nitrogen and oxygen atoms in total. The van der Waals surface area contributed by atoms with Crippen LogP contribution in [0.2, 0.25) is 0 Å².